The fraction of sp³-hybridized carbons (Fsp3) is 0.200. The summed E-state index contributed by atoms with van der Waals surface area (Å²) in [4.78, 5) is 0. The van der Waals surface area contributed by atoms with E-state index in [1.54, 1.807) is 13.0 Å². The fourth-order valence-corrected chi connectivity index (χ4v) is 1.98. The third-order valence-corrected chi connectivity index (χ3v) is 3.09. The Hall–Kier alpha value is -1.94. The lowest BCUT2D eigenvalue weighted by atomic mass is 10.1. The summed E-state index contributed by atoms with van der Waals surface area (Å²) in [5.41, 5.74) is 7.44. The van der Waals surface area contributed by atoms with Crippen molar-refractivity contribution in [1.82, 2.24) is 5.32 Å². The molecule has 0 bridgehead atoms. The molecule has 3 N–H and O–H groups in total. The van der Waals surface area contributed by atoms with Gasteiger partial charge < -0.3 is 11.1 Å². The zero-order valence-corrected chi connectivity index (χ0v) is 10.7. The van der Waals surface area contributed by atoms with Crippen molar-refractivity contribution in [2.75, 3.05) is 5.73 Å². The van der Waals surface area contributed by atoms with E-state index >= 15 is 0 Å². The molecule has 2 aromatic carbocycles. The maximum Gasteiger partial charge on any atom is 0.130 e. The van der Waals surface area contributed by atoms with Gasteiger partial charge in [0, 0.05) is 23.8 Å². The Morgan fingerprint density at radius 3 is 2.32 bits per heavy atom. The molecule has 0 aliphatic carbocycles. The Kier molecular flexibility index (Phi) is 4.12. The van der Waals surface area contributed by atoms with Crippen molar-refractivity contribution in [3.8, 4) is 0 Å². The first-order valence-electron chi connectivity index (χ1n) is 6.10. The van der Waals surface area contributed by atoms with Crippen LogP contribution in [0.2, 0.25) is 0 Å². The summed E-state index contributed by atoms with van der Waals surface area (Å²) in [5.74, 6) is -1.08. The summed E-state index contributed by atoms with van der Waals surface area (Å²) in [5, 5.41) is 3.08. The topological polar surface area (TPSA) is 38.0 Å². The Labute approximate surface area is 111 Å². The number of hydrogen-bond donors (Lipinski definition) is 2. The van der Waals surface area contributed by atoms with Crippen molar-refractivity contribution in [3.63, 3.8) is 0 Å². The first kappa shape index (κ1) is 13.5. The van der Waals surface area contributed by atoms with Crippen molar-refractivity contribution in [3.05, 3.63) is 65.2 Å². The first-order valence-corrected chi connectivity index (χ1v) is 6.10. The highest BCUT2D eigenvalue weighted by Crippen LogP contribution is 2.21. The van der Waals surface area contributed by atoms with Gasteiger partial charge in [-0.1, -0.05) is 24.3 Å². The highest BCUT2D eigenvalue weighted by Gasteiger charge is 2.15. The van der Waals surface area contributed by atoms with Gasteiger partial charge in [0.1, 0.15) is 11.6 Å². The summed E-state index contributed by atoms with van der Waals surface area (Å²) < 4.78 is 27.2. The van der Waals surface area contributed by atoms with Crippen molar-refractivity contribution in [2.24, 2.45) is 0 Å². The van der Waals surface area contributed by atoms with Crippen LogP contribution in [0.1, 0.15) is 24.1 Å². The SMILES string of the molecule is CC(NCc1ccccc1N)c1c(F)cccc1F. The molecule has 19 heavy (non-hydrogen) atoms. The second kappa shape index (κ2) is 5.80. The molecular weight excluding hydrogens is 246 g/mol. The van der Waals surface area contributed by atoms with Crippen LogP contribution in [0.5, 0.6) is 0 Å². The number of hydrogen-bond acceptors (Lipinski definition) is 2. The van der Waals surface area contributed by atoms with E-state index in [2.05, 4.69) is 5.32 Å². The van der Waals surface area contributed by atoms with Crippen LogP contribution in [0.25, 0.3) is 0 Å². The van der Waals surface area contributed by atoms with Crippen LogP contribution in [-0.2, 0) is 6.54 Å². The lowest BCUT2D eigenvalue weighted by Gasteiger charge is -2.16. The van der Waals surface area contributed by atoms with Crippen molar-refractivity contribution < 1.29 is 8.78 Å². The molecule has 2 rings (SSSR count). The van der Waals surface area contributed by atoms with Gasteiger partial charge in [-0.05, 0) is 30.7 Å². The van der Waals surface area contributed by atoms with Gasteiger partial charge in [0.05, 0.1) is 0 Å². The third kappa shape index (κ3) is 3.09. The largest absolute Gasteiger partial charge is 0.398 e. The highest BCUT2D eigenvalue weighted by molar-refractivity contribution is 5.46. The summed E-state index contributed by atoms with van der Waals surface area (Å²) in [6.45, 7) is 2.18. The van der Waals surface area contributed by atoms with Gasteiger partial charge in [0.2, 0.25) is 0 Å². The number of nitrogens with two attached hydrogens (primary N) is 1. The number of nitrogens with one attached hydrogen (secondary N) is 1. The molecule has 0 amide bonds. The molecule has 100 valence electrons. The normalized spacial score (nSPS) is 12.4. The number of halogens is 2. The molecule has 0 fully saturated rings. The number of para-hydroxylation sites is 1. The summed E-state index contributed by atoms with van der Waals surface area (Å²) in [6, 6.07) is 10.8. The van der Waals surface area contributed by atoms with Gasteiger partial charge in [-0.3, -0.25) is 0 Å². The summed E-state index contributed by atoms with van der Waals surface area (Å²) in [7, 11) is 0. The molecule has 0 heterocycles. The highest BCUT2D eigenvalue weighted by atomic mass is 19.1. The van der Waals surface area contributed by atoms with Crippen LogP contribution >= 0.6 is 0 Å². The zero-order chi connectivity index (χ0) is 13.8. The molecule has 1 unspecified atom stereocenters. The predicted octanol–water partition coefficient (Wildman–Crippen LogP) is 3.40. The van der Waals surface area contributed by atoms with Crippen LogP contribution in [0, 0.1) is 11.6 Å². The van der Waals surface area contributed by atoms with Crippen LogP contribution in [-0.4, -0.2) is 0 Å². The van der Waals surface area contributed by atoms with E-state index in [4.69, 9.17) is 5.73 Å². The van der Waals surface area contributed by atoms with E-state index < -0.39 is 17.7 Å². The molecule has 0 saturated carbocycles. The van der Waals surface area contributed by atoms with Crippen molar-refractivity contribution in [2.45, 2.75) is 19.5 Å². The molecule has 2 nitrogen and oxygen atoms in total. The fourth-order valence-electron chi connectivity index (χ4n) is 1.98. The van der Waals surface area contributed by atoms with Crippen LogP contribution in [0.4, 0.5) is 14.5 Å². The minimum Gasteiger partial charge on any atom is -0.398 e. The number of anilines is 1. The van der Waals surface area contributed by atoms with Gasteiger partial charge in [0.15, 0.2) is 0 Å². The van der Waals surface area contributed by atoms with Crippen LogP contribution < -0.4 is 11.1 Å². The van der Waals surface area contributed by atoms with Gasteiger partial charge in [-0.15, -0.1) is 0 Å². The maximum atomic E-state index is 13.6. The number of benzene rings is 2. The standard InChI is InChI=1S/C15H16F2N2/c1-10(15-12(16)6-4-7-13(15)17)19-9-11-5-2-3-8-14(11)18/h2-8,10,19H,9,18H2,1H3. The van der Waals surface area contributed by atoms with Gasteiger partial charge >= 0.3 is 0 Å². The number of nitrogen functional groups attached to an aromatic ring is 1. The van der Waals surface area contributed by atoms with Gasteiger partial charge in [-0.25, -0.2) is 8.78 Å². The molecule has 0 aliphatic heterocycles. The van der Waals surface area contributed by atoms with Crippen LogP contribution in [0.15, 0.2) is 42.5 Å². The molecule has 4 heteroatoms. The Morgan fingerprint density at radius 1 is 1.05 bits per heavy atom. The van der Waals surface area contributed by atoms with Crippen molar-refractivity contribution in [1.29, 1.82) is 0 Å². The molecule has 1 atom stereocenters. The van der Waals surface area contributed by atoms with Crippen molar-refractivity contribution >= 4 is 5.69 Å². The quantitative estimate of drug-likeness (QED) is 0.829. The average Bonchev–Trinajstić information content (AvgIpc) is 2.37. The van der Waals surface area contributed by atoms with Gasteiger partial charge in [0.25, 0.3) is 0 Å². The molecular formula is C15H16F2N2. The van der Waals surface area contributed by atoms with E-state index in [-0.39, 0.29) is 5.56 Å². The smallest absolute Gasteiger partial charge is 0.130 e. The zero-order valence-electron chi connectivity index (χ0n) is 10.7. The van der Waals surface area contributed by atoms with E-state index in [0.717, 1.165) is 5.56 Å². The lowest BCUT2D eigenvalue weighted by Crippen LogP contribution is -2.21. The van der Waals surface area contributed by atoms with Crippen LogP contribution in [0.3, 0.4) is 0 Å². The molecule has 0 radical (unpaired) electrons. The average molecular weight is 262 g/mol. The van der Waals surface area contributed by atoms with E-state index in [9.17, 15) is 8.78 Å². The molecule has 0 aliphatic rings. The Morgan fingerprint density at radius 2 is 1.68 bits per heavy atom. The minimum atomic E-state index is -0.541. The Balaban J connectivity index is 2.10. The molecule has 0 saturated heterocycles. The second-order valence-corrected chi connectivity index (χ2v) is 4.44. The molecule has 2 aromatic rings. The molecule has 0 spiro atoms. The van der Waals surface area contributed by atoms with E-state index in [1.807, 2.05) is 18.2 Å². The van der Waals surface area contributed by atoms with Gasteiger partial charge in [-0.2, -0.15) is 0 Å². The summed E-state index contributed by atoms with van der Waals surface area (Å²) in [6.07, 6.45) is 0. The first-order chi connectivity index (χ1) is 9.09. The Bertz CT molecular complexity index is 550. The lowest BCUT2D eigenvalue weighted by molar-refractivity contribution is 0.488. The summed E-state index contributed by atoms with van der Waals surface area (Å²) >= 11 is 0. The monoisotopic (exact) mass is 262 g/mol. The second-order valence-electron chi connectivity index (χ2n) is 4.44. The maximum absolute atomic E-state index is 13.6. The number of rotatable bonds is 4. The van der Waals surface area contributed by atoms with E-state index in [1.165, 1.54) is 18.2 Å². The van der Waals surface area contributed by atoms with E-state index in [0.29, 0.717) is 12.2 Å². The minimum absolute atomic E-state index is 0.0528. The third-order valence-electron chi connectivity index (χ3n) is 3.09. The predicted molar refractivity (Wildman–Crippen MR) is 72.5 cm³/mol. The molecule has 0 aromatic heterocycles.